The molecule has 0 aromatic heterocycles. The van der Waals surface area contributed by atoms with Crippen LogP contribution < -0.4 is 5.32 Å². The smallest absolute Gasteiger partial charge is 0.356 e. The summed E-state index contributed by atoms with van der Waals surface area (Å²) >= 11 is 3.57. The molecule has 1 aromatic carbocycles. The minimum absolute atomic E-state index is 0.0391. The largest absolute Gasteiger partial charge is 0.509 e. The van der Waals surface area contributed by atoms with E-state index in [0.29, 0.717) is 17.4 Å². The third-order valence-electron chi connectivity index (χ3n) is 3.61. The lowest BCUT2D eigenvalue weighted by atomic mass is 10.0. The molecule has 1 heterocycles. The van der Waals surface area contributed by atoms with Gasteiger partial charge in [-0.05, 0) is 5.56 Å². The second-order valence-corrected chi connectivity index (χ2v) is 6.78. The minimum atomic E-state index is -1.51. The van der Waals surface area contributed by atoms with Gasteiger partial charge in [-0.25, -0.2) is 4.79 Å². The van der Waals surface area contributed by atoms with Crippen molar-refractivity contribution in [3.63, 3.8) is 0 Å². The fourth-order valence-electron chi connectivity index (χ4n) is 2.47. The highest BCUT2D eigenvalue weighted by molar-refractivity contribution is 9.09. The van der Waals surface area contributed by atoms with Gasteiger partial charge in [0.15, 0.2) is 11.3 Å². The Balaban J connectivity index is 2.15. The predicted molar refractivity (Wildman–Crippen MR) is 98.1 cm³/mol. The maximum absolute atomic E-state index is 12.4. The molecule has 0 aliphatic carbocycles. The second kappa shape index (κ2) is 8.86. The number of halogens is 1. The van der Waals surface area contributed by atoms with E-state index in [2.05, 4.69) is 21.2 Å². The van der Waals surface area contributed by atoms with E-state index >= 15 is 0 Å². The third kappa shape index (κ3) is 4.25. The molecule has 1 aromatic rings. The highest BCUT2D eigenvalue weighted by atomic mass is 79.9. The molecule has 0 spiro atoms. The molecule has 0 saturated carbocycles. The Morgan fingerprint density at radius 2 is 1.92 bits per heavy atom. The SMILES string of the molecule is O=CSC1C(NC(=O)Cc2ccccc2)C(=O)N1/C(C(=O)O)=C(/O)CBr. The fraction of sp³-hybridized carbons (Fsp3) is 0.250. The maximum Gasteiger partial charge on any atom is 0.356 e. The van der Waals surface area contributed by atoms with E-state index in [1.54, 1.807) is 24.3 Å². The van der Waals surface area contributed by atoms with Crippen molar-refractivity contribution in [3.05, 3.63) is 47.4 Å². The van der Waals surface area contributed by atoms with Gasteiger partial charge in [0.2, 0.25) is 5.91 Å². The summed E-state index contributed by atoms with van der Waals surface area (Å²) in [7, 11) is 0. The topological polar surface area (TPSA) is 124 Å². The Morgan fingerprint density at radius 3 is 2.46 bits per heavy atom. The van der Waals surface area contributed by atoms with Crippen LogP contribution in [0, 0.1) is 0 Å². The van der Waals surface area contributed by atoms with Gasteiger partial charge in [0, 0.05) is 0 Å². The number of carbonyl (C=O) groups is 4. The maximum atomic E-state index is 12.4. The number of carboxylic acid groups (broad SMARTS) is 1. The first-order valence-corrected chi connectivity index (χ1v) is 9.44. The quantitative estimate of drug-likeness (QED) is 0.180. The summed E-state index contributed by atoms with van der Waals surface area (Å²) in [5.41, 5.74) is 0.571. The summed E-state index contributed by atoms with van der Waals surface area (Å²) in [4.78, 5) is 47.6. The average Bonchev–Trinajstić information content (AvgIpc) is 2.63. The van der Waals surface area contributed by atoms with Crippen LogP contribution in [0.1, 0.15) is 5.56 Å². The molecule has 2 unspecified atom stereocenters. The zero-order valence-corrected chi connectivity index (χ0v) is 15.7. The second-order valence-electron chi connectivity index (χ2n) is 5.27. The van der Waals surface area contributed by atoms with E-state index in [9.17, 15) is 29.4 Å². The highest BCUT2D eigenvalue weighted by Crippen LogP contribution is 2.34. The number of aliphatic hydroxyl groups excluding tert-OH is 1. The number of allylic oxidation sites excluding steroid dienone is 1. The number of aliphatic hydroxyl groups is 1. The van der Waals surface area contributed by atoms with Crippen LogP contribution in [0.4, 0.5) is 0 Å². The third-order valence-corrected chi connectivity index (χ3v) is 5.01. The number of aliphatic carboxylic acids is 1. The zero-order chi connectivity index (χ0) is 19.3. The Labute approximate surface area is 161 Å². The molecule has 0 bridgehead atoms. The van der Waals surface area contributed by atoms with Crippen LogP contribution in [-0.4, -0.2) is 55.3 Å². The Bertz CT molecular complexity index is 754. The number of alkyl halides is 1. The number of β-lactam (4-membered cyclic amide) rings is 1. The molecule has 2 amide bonds. The van der Waals surface area contributed by atoms with Crippen LogP contribution in [0.25, 0.3) is 0 Å². The standard InChI is InChI=1S/C16H15BrN2O6S/c17-7-10(21)13(16(24)25)19-14(23)12(15(19)26-8-20)18-11(22)6-9-4-2-1-3-5-9/h1-5,8,12,15,21H,6-7H2,(H,18,22)(H,24,25)/b13-10+. The summed E-state index contributed by atoms with van der Waals surface area (Å²) in [5.74, 6) is -3.22. The van der Waals surface area contributed by atoms with Crippen LogP contribution in [-0.2, 0) is 25.6 Å². The summed E-state index contributed by atoms with van der Waals surface area (Å²) in [6.45, 7) is 0. The van der Waals surface area contributed by atoms with E-state index in [1.165, 1.54) is 0 Å². The molecule has 0 radical (unpaired) electrons. The van der Waals surface area contributed by atoms with E-state index in [-0.39, 0.29) is 11.8 Å². The van der Waals surface area contributed by atoms with Crippen LogP contribution >= 0.6 is 27.7 Å². The lowest BCUT2D eigenvalue weighted by molar-refractivity contribution is -0.150. The normalized spacial score (nSPS) is 20.0. The molecule has 2 atom stereocenters. The van der Waals surface area contributed by atoms with Gasteiger partial charge in [-0.15, -0.1) is 0 Å². The van der Waals surface area contributed by atoms with Crippen LogP contribution in [0.5, 0.6) is 0 Å². The number of nitrogens with one attached hydrogen (secondary N) is 1. The molecule has 3 N–H and O–H groups in total. The fourth-order valence-corrected chi connectivity index (χ4v) is 3.52. The van der Waals surface area contributed by atoms with Crippen LogP contribution in [0.15, 0.2) is 41.8 Å². The summed E-state index contributed by atoms with van der Waals surface area (Å²) in [6, 6.07) is 7.81. The molecule has 1 fully saturated rings. The monoisotopic (exact) mass is 442 g/mol. The number of rotatable bonds is 8. The minimum Gasteiger partial charge on any atom is -0.509 e. The van der Waals surface area contributed by atoms with Crippen LogP contribution in [0.3, 0.4) is 0 Å². The molecular weight excluding hydrogens is 428 g/mol. The van der Waals surface area contributed by atoms with Gasteiger partial charge in [-0.2, -0.15) is 0 Å². The number of carboxylic acids is 1. The number of carbonyl (C=O) groups excluding carboxylic acids is 3. The Morgan fingerprint density at radius 1 is 1.27 bits per heavy atom. The molecule has 1 aliphatic heterocycles. The number of hydrogen-bond donors (Lipinski definition) is 3. The van der Waals surface area contributed by atoms with E-state index < -0.39 is 40.7 Å². The van der Waals surface area contributed by atoms with Gasteiger partial charge in [-0.1, -0.05) is 58.0 Å². The van der Waals surface area contributed by atoms with Crippen LogP contribution in [0.2, 0.25) is 0 Å². The van der Waals surface area contributed by atoms with Crippen molar-refractivity contribution in [2.75, 3.05) is 5.33 Å². The summed E-state index contributed by atoms with van der Waals surface area (Å²) in [5, 5.41) is 20.4. The molecular formula is C16H15BrN2O6S. The van der Waals surface area contributed by atoms with E-state index in [1.807, 2.05) is 6.07 Å². The summed E-state index contributed by atoms with van der Waals surface area (Å²) < 4.78 is 0. The molecule has 138 valence electrons. The molecule has 1 aliphatic rings. The van der Waals surface area contributed by atoms with Crippen molar-refractivity contribution in [3.8, 4) is 0 Å². The molecule has 8 nitrogen and oxygen atoms in total. The van der Waals surface area contributed by atoms with Crippen molar-refractivity contribution < 1.29 is 29.4 Å². The highest BCUT2D eigenvalue weighted by Gasteiger charge is 2.52. The Hall–Kier alpha value is -2.33. The van der Waals surface area contributed by atoms with Crippen molar-refractivity contribution in [1.29, 1.82) is 0 Å². The van der Waals surface area contributed by atoms with Crippen molar-refractivity contribution in [1.82, 2.24) is 10.2 Å². The van der Waals surface area contributed by atoms with Gasteiger partial charge in [-0.3, -0.25) is 19.3 Å². The molecule has 2 rings (SSSR count). The number of benzene rings is 1. The first-order valence-electron chi connectivity index (χ1n) is 7.37. The number of thioether (sulfide) groups is 1. The zero-order valence-electron chi connectivity index (χ0n) is 13.3. The van der Waals surface area contributed by atoms with Gasteiger partial charge in [0.05, 0.1) is 11.8 Å². The van der Waals surface area contributed by atoms with Gasteiger partial charge < -0.3 is 15.5 Å². The Kier molecular flexibility index (Phi) is 6.81. The number of hydrogen-bond acceptors (Lipinski definition) is 6. The van der Waals surface area contributed by atoms with Gasteiger partial charge in [0.25, 0.3) is 5.91 Å². The number of nitrogens with zero attached hydrogens (tertiary/aromatic N) is 1. The first-order chi connectivity index (χ1) is 12.4. The average molecular weight is 443 g/mol. The predicted octanol–water partition coefficient (Wildman–Crippen LogP) is 1.05. The van der Waals surface area contributed by atoms with Gasteiger partial charge in [0.1, 0.15) is 17.2 Å². The molecule has 10 heteroatoms. The van der Waals surface area contributed by atoms with E-state index in [0.717, 1.165) is 10.5 Å². The lowest BCUT2D eigenvalue weighted by Crippen LogP contribution is -2.69. The lowest BCUT2D eigenvalue weighted by Gasteiger charge is -2.45. The van der Waals surface area contributed by atoms with Crippen molar-refractivity contribution in [2.24, 2.45) is 0 Å². The van der Waals surface area contributed by atoms with E-state index in [4.69, 9.17) is 0 Å². The first kappa shape index (κ1) is 20.0. The number of amides is 2. The summed E-state index contributed by atoms with van der Waals surface area (Å²) in [6.07, 6.45) is 0.0391. The van der Waals surface area contributed by atoms with Crippen molar-refractivity contribution in [2.45, 2.75) is 17.8 Å². The van der Waals surface area contributed by atoms with Crippen molar-refractivity contribution >= 4 is 51.1 Å². The number of likely N-dealkylation sites (tertiary alicyclic amines) is 1. The molecule has 26 heavy (non-hydrogen) atoms. The van der Waals surface area contributed by atoms with Gasteiger partial charge >= 0.3 is 5.97 Å². The molecule has 1 saturated heterocycles.